The quantitative estimate of drug-likeness (QED) is 0.420. The minimum absolute atomic E-state index is 0.234. The minimum atomic E-state index is 0.234. The molecule has 0 spiro atoms. The van der Waals surface area contributed by atoms with Crippen LogP contribution in [0.3, 0.4) is 0 Å². The first kappa shape index (κ1) is 17.9. The lowest BCUT2D eigenvalue weighted by Crippen LogP contribution is -2.16. The van der Waals surface area contributed by atoms with Crippen molar-refractivity contribution in [2.45, 2.75) is 25.5 Å². The first-order chi connectivity index (χ1) is 14.4. The number of imidazole rings is 1. The highest BCUT2D eigenvalue weighted by atomic mass is 16.5. The molecule has 4 aromatic rings. The number of aromatic nitrogens is 2. The number of nitrogens with zero attached hydrogens (tertiary/aromatic N) is 2. The van der Waals surface area contributed by atoms with Crippen molar-refractivity contribution in [3.8, 4) is 33.9 Å². The molecule has 0 bridgehead atoms. The molecule has 1 aromatic heterocycles. The second kappa shape index (κ2) is 8.06. The van der Waals surface area contributed by atoms with Gasteiger partial charge in [0.15, 0.2) is 0 Å². The molecule has 1 fully saturated rings. The van der Waals surface area contributed by atoms with Crippen LogP contribution in [0.15, 0.2) is 91.0 Å². The van der Waals surface area contributed by atoms with Crippen molar-refractivity contribution in [1.29, 1.82) is 0 Å². The Balaban J connectivity index is 1.75. The third-order valence-corrected chi connectivity index (χ3v) is 5.50. The van der Waals surface area contributed by atoms with E-state index in [9.17, 15) is 0 Å². The zero-order chi connectivity index (χ0) is 19.5. The van der Waals surface area contributed by atoms with E-state index < -0.39 is 0 Å². The summed E-state index contributed by atoms with van der Waals surface area (Å²) in [7, 11) is 0. The largest absolute Gasteiger partial charge is 0.376 e. The molecule has 1 aliphatic heterocycles. The Morgan fingerprint density at radius 1 is 0.759 bits per heavy atom. The molecule has 3 nitrogen and oxygen atoms in total. The fourth-order valence-corrected chi connectivity index (χ4v) is 4.12. The first-order valence-corrected chi connectivity index (χ1v) is 10.3. The van der Waals surface area contributed by atoms with Gasteiger partial charge in [-0.25, -0.2) is 4.98 Å². The average molecular weight is 380 g/mol. The molecule has 3 heteroatoms. The molecule has 0 amide bonds. The maximum Gasteiger partial charge on any atom is 0.141 e. The Labute approximate surface area is 171 Å². The Kier molecular flexibility index (Phi) is 4.97. The van der Waals surface area contributed by atoms with Crippen molar-refractivity contribution >= 4 is 0 Å². The van der Waals surface area contributed by atoms with Crippen molar-refractivity contribution in [1.82, 2.24) is 9.55 Å². The monoisotopic (exact) mass is 380 g/mol. The van der Waals surface area contributed by atoms with Gasteiger partial charge in [0.2, 0.25) is 0 Å². The Hall–Kier alpha value is -3.17. The fourth-order valence-electron chi connectivity index (χ4n) is 4.12. The molecule has 1 aliphatic rings. The molecule has 0 radical (unpaired) electrons. The molecule has 1 atom stereocenters. The van der Waals surface area contributed by atoms with Crippen LogP contribution in [-0.2, 0) is 11.3 Å². The summed E-state index contributed by atoms with van der Waals surface area (Å²) in [4.78, 5) is 5.18. The molecule has 144 valence electrons. The van der Waals surface area contributed by atoms with Crippen LogP contribution in [0.5, 0.6) is 0 Å². The van der Waals surface area contributed by atoms with Gasteiger partial charge in [0, 0.05) is 23.3 Å². The lowest BCUT2D eigenvalue weighted by molar-refractivity contribution is 0.0977. The van der Waals surface area contributed by atoms with Crippen LogP contribution in [0.1, 0.15) is 12.8 Å². The minimum Gasteiger partial charge on any atom is -0.376 e. The highest BCUT2D eigenvalue weighted by Crippen LogP contribution is 2.37. The van der Waals surface area contributed by atoms with Crippen LogP contribution in [-0.4, -0.2) is 22.3 Å². The second-order valence-electron chi connectivity index (χ2n) is 7.48. The van der Waals surface area contributed by atoms with Crippen LogP contribution >= 0.6 is 0 Å². The van der Waals surface area contributed by atoms with Gasteiger partial charge in [0.25, 0.3) is 0 Å². The van der Waals surface area contributed by atoms with Gasteiger partial charge in [0.05, 0.1) is 24.0 Å². The van der Waals surface area contributed by atoms with Crippen molar-refractivity contribution in [2.24, 2.45) is 0 Å². The van der Waals surface area contributed by atoms with Gasteiger partial charge in [-0.2, -0.15) is 0 Å². The first-order valence-electron chi connectivity index (χ1n) is 10.3. The number of hydrogen-bond donors (Lipinski definition) is 0. The highest BCUT2D eigenvalue weighted by Gasteiger charge is 2.24. The van der Waals surface area contributed by atoms with E-state index in [-0.39, 0.29) is 6.10 Å². The molecule has 0 aliphatic carbocycles. The van der Waals surface area contributed by atoms with Gasteiger partial charge in [-0.3, -0.25) is 0 Å². The van der Waals surface area contributed by atoms with E-state index in [0.717, 1.165) is 54.3 Å². The van der Waals surface area contributed by atoms with Crippen LogP contribution in [0.4, 0.5) is 0 Å². The Morgan fingerprint density at radius 3 is 1.93 bits per heavy atom. The number of ether oxygens (including phenoxy) is 1. The standard InChI is InChI=1S/C26H24N2O/c1-4-11-20(12-5-1)24-25(21-13-6-2-7-14-21)28(19-23-17-10-18-29-23)26(27-24)22-15-8-3-9-16-22/h1-9,11-16,23H,10,17-19H2. The molecule has 2 heterocycles. The SMILES string of the molecule is c1ccc(-c2nc(-c3ccccc3)n(CC3CCCO3)c2-c2ccccc2)cc1. The van der Waals surface area contributed by atoms with E-state index >= 15 is 0 Å². The molecule has 1 unspecified atom stereocenters. The lowest BCUT2D eigenvalue weighted by atomic mass is 10.0. The molecule has 3 aromatic carbocycles. The Bertz CT molecular complexity index is 1070. The normalized spacial score (nSPS) is 16.2. The van der Waals surface area contributed by atoms with Crippen LogP contribution < -0.4 is 0 Å². The molecule has 5 rings (SSSR count). The third kappa shape index (κ3) is 3.62. The predicted octanol–water partition coefficient (Wildman–Crippen LogP) is 6.06. The third-order valence-electron chi connectivity index (χ3n) is 5.50. The summed E-state index contributed by atoms with van der Waals surface area (Å²) >= 11 is 0. The van der Waals surface area contributed by atoms with Gasteiger partial charge in [-0.15, -0.1) is 0 Å². The predicted molar refractivity (Wildman–Crippen MR) is 118 cm³/mol. The molecule has 0 saturated carbocycles. The molecular formula is C26H24N2O. The summed E-state index contributed by atoms with van der Waals surface area (Å²) in [5.41, 5.74) is 5.62. The van der Waals surface area contributed by atoms with Crippen LogP contribution in [0, 0.1) is 0 Å². The van der Waals surface area contributed by atoms with Gasteiger partial charge in [0.1, 0.15) is 5.82 Å². The fraction of sp³-hybridized carbons (Fsp3) is 0.192. The van der Waals surface area contributed by atoms with E-state index in [1.54, 1.807) is 0 Å². The molecule has 29 heavy (non-hydrogen) atoms. The van der Waals surface area contributed by atoms with E-state index in [1.807, 2.05) is 12.1 Å². The van der Waals surface area contributed by atoms with Gasteiger partial charge in [-0.05, 0) is 12.8 Å². The second-order valence-corrected chi connectivity index (χ2v) is 7.48. The van der Waals surface area contributed by atoms with Crippen molar-refractivity contribution in [3.63, 3.8) is 0 Å². The van der Waals surface area contributed by atoms with Gasteiger partial charge < -0.3 is 9.30 Å². The summed E-state index contributed by atoms with van der Waals surface area (Å²) < 4.78 is 8.37. The lowest BCUT2D eigenvalue weighted by Gasteiger charge is -2.17. The highest BCUT2D eigenvalue weighted by molar-refractivity contribution is 5.82. The van der Waals surface area contributed by atoms with E-state index in [2.05, 4.69) is 83.4 Å². The maximum atomic E-state index is 6.00. The van der Waals surface area contributed by atoms with Crippen molar-refractivity contribution in [3.05, 3.63) is 91.0 Å². The smallest absolute Gasteiger partial charge is 0.141 e. The van der Waals surface area contributed by atoms with Crippen LogP contribution in [0.2, 0.25) is 0 Å². The average Bonchev–Trinajstić information content (AvgIpc) is 3.44. The zero-order valence-corrected chi connectivity index (χ0v) is 16.4. The summed E-state index contributed by atoms with van der Waals surface area (Å²) in [6, 6.07) is 31.5. The van der Waals surface area contributed by atoms with Gasteiger partial charge >= 0.3 is 0 Å². The summed E-state index contributed by atoms with van der Waals surface area (Å²) in [5, 5.41) is 0. The number of hydrogen-bond acceptors (Lipinski definition) is 2. The summed E-state index contributed by atoms with van der Waals surface area (Å²) in [5.74, 6) is 0.999. The molecule has 1 saturated heterocycles. The zero-order valence-electron chi connectivity index (χ0n) is 16.4. The summed E-state index contributed by atoms with van der Waals surface area (Å²) in [6.07, 6.45) is 2.46. The van der Waals surface area contributed by atoms with Crippen LogP contribution in [0.25, 0.3) is 33.9 Å². The number of benzene rings is 3. The molecule has 0 N–H and O–H groups in total. The van der Waals surface area contributed by atoms with Crippen molar-refractivity contribution in [2.75, 3.05) is 6.61 Å². The molecular weight excluding hydrogens is 356 g/mol. The van der Waals surface area contributed by atoms with Crippen molar-refractivity contribution < 1.29 is 4.74 Å². The maximum absolute atomic E-state index is 6.00. The van der Waals surface area contributed by atoms with E-state index in [4.69, 9.17) is 9.72 Å². The van der Waals surface area contributed by atoms with E-state index in [1.165, 1.54) is 5.56 Å². The van der Waals surface area contributed by atoms with Gasteiger partial charge in [-0.1, -0.05) is 91.0 Å². The van der Waals surface area contributed by atoms with E-state index in [0.29, 0.717) is 0 Å². The Morgan fingerprint density at radius 2 is 1.34 bits per heavy atom. The summed E-state index contributed by atoms with van der Waals surface area (Å²) in [6.45, 7) is 1.67. The topological polar surface area (TPSA) is 27.1 Å². The number of rotatable bonds is 5.